The van der Waals surface area contributed by atoms with Crippen molar-refractivity contribution in [1.82, 2.24) is 15.5 Å². The zero-order valence-electron chi connectivity index (χ0n) is 16.4. The summed E-state index contributed by atoms with van der Waals surface area (Å²) in [5, 5.41) is 5.30. The standard InChI is InChI=1S/C19H26N4O5S/c1-2-20-19(25)21-10-5-13-28-18(24)14-8-11-23(12-9-14)17-15-6-3-4-7-16(15)29(26,27)22-17/h3-4,6-7,14H,2,5,8-13H2,1H3,(H2,20,21,25). The topological polar surface area (TPSA) is 117 Å². The van der Waals surface area contributed by atoms with Crippen molar-refractivity contribution >= 4 is 27.9 Å². The van der Waals surface area contributed by atoms with Crippen molar-refractivity contribution in [2.75, 3.05) is 32.8 Å². The number of esters is 1. The Labute approximate surface area is 170 Å². The van der Waals surface area contributed by atoms with Gasteiger partial charge in [0.2, 0.25) is 0 Å². The summed E-state index contributed by atoms with van der Waals surface area (Å²) in [4.78, 5) is 25.7. The van der Waals surface area contributed by atoms with Crippen LogP contribution in [-0.2, 0) is 19.6 Å². The highest BCUT2D eigenvalue weighted by Crippen LogP contribution is 2.29. The summed E-state index contributed by atoms with van der Waals surface area (Å²) in [5.41, 5.74) is 0.619. The van der Waals surface area contributed by atoms with Gasteiger partial charge in [0.15, 0.2) is 5.84 Å². The fourth-order valence-electron chi connectivity index (χ4n) is 3.43. The van der Waals surface area contributed by atoms with Gasteiger partial charge in [0.1, 0.15) is 4.90 Å². The highest BCUT2D eigenvalue weighted by atomic mass is 32.2. The van der Waals surface area contributed by atoms with Crippen LogP contribution in [0.4, 0.5) is 4.79 Å². The van der Waals surface area contributed by atoms with E-state index in [0.717, 1.165) is 0 Å². The Morgan fingerprint density at radius 2 is 1.93 bits per heavy atom. The van der Waals surface area contributed by atoms with Gasteiger partial charge in [-0.2, -0.15) is 8.42 Å². The quantitative estimate of drug-likeness (QED) is 0.524. The molecule has 2 heterocycles. The number of amidine groups is 1. The number of ether oxygens (including phenoxy) is 1. The van der Waals surface area contributed by atoms with Gasteiger partial charge in [-0.1, -0.05) is 12.1 Å². The summed E-state index contributed by atoms with van der Waals surface area (Å²) in [6.45, 7) is 4.17. The first kappa shape index (κ1) is 21.1. The molecule has 1 fully saturated rings. The van der Waals surface area contributed by atoms with E-state index in [2.05, 4.69) is 15.0 Å². The average Bonchev–Trinajstić information content (AvgIpc) is 2.99. The number of likely N-dealkylation sites (tertiary alicyclic amines) is 1. The van der Waals surface area contributed by atoms with Crippen LogP contribution in [0.3, 0.4) is 0 Å². The number of fused-ring (bicyclic) bond motifs is 1. The summed E-state index contributed by atoms with van der Waals surface area (Å²) < 4.78 is 33.7. The molecule has 1 aromatic rings. The molecule has 0 spiro atoms. The molecule has 29 heavy (non-hydrogen) atoms. The third kappa shape index (κ3) is 5.06. The number of rotatable bonds is 6. The van der Waals surface area contributed by atoms with Crippen LogP contribution in [-0.4, -0.2) is 63.9 Å². The molecule has 0 bridgehead atoms. The molecular weight excluding hydrogens is 396 g/mol. The van der Waals surface area contributed by atoms with Gasteiger partial charge < -0.3 is 20.3 Å². The maximum atomic E-state index is 12.3. The Balaban J connectivity index is 1.44. The lowest BCUT2D eigenvalue weighted by Gasteiger charge is -2.32. The summed E-state index contributed by atoms with van der Waals surface area (Å²) in [6, 6.07) is 6.56. The fourth-order valence-corrected chi connectivity index (χ4v) is 4.66. The van der Waals surface area contributed by atoms with E-state index >= 15 is 0 Å². The molecule has 0 radical (unpaired) electrons. The SMILES string of the molecule is CCNC(=O)NCCCOC(=O)C1CCN(C2=NS(=O)(=O)c3ccccc32)CC1. The average molecular weight is 423 g/mol. The fraction of sp³-hybridized carbons (Fsp3) is 0.526. The highest BCUT2D eigenvalue weighted by Gasteiger charge is 2.34. The number of amides is 2. The molecule has 2 amide bonds. The molecule has 0 aromatic heterocycles. The number of nitrogens with one attached hydrogen (secondary N) is 2. The third-order valence-electron chi connectivity index (χ3n) is 4.93. The van der Waals surface area contributed by atoms with Gasteiger partial charge in [0.25, 0.3) is 10.0 Å². The first-order chi connectivity index (χ1) is 13.9. The molecule has 0 atom stereocenters. The smallest absolute Gasteiger partial charge is 0.314 e. The molecule has 2 N–H and O–H groups in total. The van der Waals surface area contributed by atoms with Gasteiger partial charge in [-0.15, -0.1) is 4.40 Å². The molecule has 2 aliphatic heterocycles. The molecule has 0 unspecified atom stereocenters. The molecule has 9 nitrogen and oxygen atoms in total. The number of sulfonamides is 1. The van der Waals surface area contributed by atoms with E-state index in [1.807, 2.05) is 11.8 Å². The Morgan fingerprint density at radius 1 is 1.21 bits per heavy atom. The molecule has 158 valence electrons. The number of carbonyl (C=O) groups excluding carboxylic acids is 2. The maximum Gasteiger partial charge on any atom is 0.314 e. The molecule has 0 saturated carbocycles. The molecule has 0 aliphatic carbocycles. The molecule has 2 aliphatic rings. The van der Waals surface area contributed by atoms with Crippen LogP contribution < -0.4 is 10.6 Å². The summed E-state index contributed by atoms with van der Waals surface area (Å²) in [6.07, 6.45) is 1.71. The second kappa shape index (κ2) is 9.25. The summed E-state index contributed by atoms with van der Waals surface area (Å²) in [7, 11) is -3.64. The zero-order valence-corrected chi connectivity index (χ0v) is 17.2. The normalized spacial score (nSPS) is 18.0. The highest BCUT2D eigenvalue weighted by molar-refractivity contribution is 7.90. The maximum absolute atomic E-state index is 12.3. The predicted octanol–water partition coefficient (Wildman–Crippen LogP) is 1.10. The van der Waals surface area contributed by atoms with Crippen molar-refractivity contribution in [2.24, 2.45) is 10.3 Å². The van der Waals surface area contributed by atoms with Crippen LogP contribution in [0.25, 0.3) is 0 Å². The van der Waals surface area contributed by atoms with Crippen molar-refractivity contribution in [3.63, 3.8) is 0 Å². The third-order valence-corrected chi connectivity index (χ3v) is 6.25. The van der Waals surface area contributed by atoms with E-state index in [0.29, 0.717) is 56.8 Å². The van der Waals surface area contributed by atoms with Gasteiger partial charge in [0, 0.05) is 31.7 Å². The number of carbonyl (C=O) groups is 2. The van der Waals surface area contributed by atoms with Crippen LogP contribution in [0.1, 0.15) is 31.7 Å². The lowest BCUT2D eigenvalue weighted by Crippen LogP contribution is -2.40. The minimum absolute atomic E-state index is 0.212. The zero-order chi connectivity index (χ0) is 20.9. The van der Waals surface area contributed by atoms with E-state index in [-0.39, 0.29) is 29.4 Å². The summed E-state index contributed by atoms with van der Waals surface area (Å²) in [5.74, 6) is 0.00402. The number of urea groups is 1. The van der Waals surface area contributed by atoms with Crippen LogP contribution >= 0.6 is 0 Å². The van der Waals surface area contributed by atoms with Crippen LogP contribution in [0.2, 0.25) is 0 Å². The predicted molar refractivity (Wildman–Crippen MR) is 107 cm³/mol. The van der Waals surface area contributed by atoms with E-state index < -0.39 is 10.0 Å². The van der Waals surface area contributed by atoms with E-state index in [1.165, 1.54) is 0 Å². The molecular formula is C19H26N4O5S. The molecule has 1 saturated heterocycles. The molecule has 3 rings (SSSR count). The number of hydrogen-bond acceptors (Lipinski definition) is 6. The monoisotopic (exact) mass is 422 g/mol. The van der Waals surface area contributed by atoms with E-state index in [1.54, 1.807) is 24.3 Å². The lowest BCUT2D eigenvalue weighted by molar-refractivity contribution is -0.149. The van der Waals surface area contributed by atoms with Gasteiger partial charge in [0.05, 0.1) is 12.5 Å². The van der Waals surface area contributed by atoms with Crippen molar-refractivity contribution in [3.8, 4) is 0 Å². The van der Waals surface area contributed by atoms with Crippen molar-refractivity contribution in [2.45, 2.75) is 31.1 Å². The number of benzene rings is 1. The van der Waals surface area contributed by atoms with Crippen molar-refractivity contribution in [3.05, 3.63) is 29.8 Å². The molecule has 10 heteroatoms. The first-order valence-electron chi connectivity index (χ1n) is 9.80. The number of piperidine rings is 1. The lowest BCUT2D eigenvalue weighted by atomic mass is 9.96. The Bertz CT molecular complexity index is 892. The number of nitrogens with zero attached hydrogens (tertiary/aromatic N) is 2. The van der Waals surface area contributed by atoms with Gasteiger partial charge >= 0.3 is 12.0 Å². The Hall–Kier alpha value is -2.62. The van der Waals surface area contributed by atoms with Crippen molar-refractivity contribution < 1.29 is 22.7 Å². The Kier molecular flexibility index (Phi) is 6.73. The van der Waals surface area contributed by atoms with Gasteiger partial charge in [-0.25, -0.2) is 4.79 Å². The van der Waals surface area contributed by atoms with Crippen LogP contribution in [0, 0.1) is 5.92 Å². The summed E-state index contributed by atoms with van der Waals surface area (Å²) >= 11 is 0. The molecule has 1 aromatic carbocycles. The van der Waals surface area contributed by atoms with E-state index in [9.17, 15) is 18.0 Å². The van der Waals surface area contributed by atoms with E-state index in [4.69, 9.17) is 4.74 Å². The minimum Gasteiger partial charge on any atom is -0.465 e. The van der Waals surface area contributed by atoms with Crippen molar-refractivity contribution in [1.29, 1.82) is 0 Å². The Morgan fingerprint density at radius 3 is 2.66 bits per heavy atom. The second-order valence-corrected chi connectivity index (χ2v) is 8.53. The largest absolute Gasteiger partial charge is 0.465 e. The number of hydrogen-bond donors (Lipinski definition) is 2. The minimum atomic E-state index is -3.64. The van der Waals surface area contributed by atoms with Gasteiger partial charge in [-0.3, -0.25) is 4.79 Å². The van der Waals surface area contributed by atoms with Gasteiger partial charge in [-0.05, 0) is 38.3 Å². The van der Waals surface area contributed by atoms with Crippen LogP contribution in [0.15, 0.2) is 33.6 Å². The second-order valence-electron chi connectivity index (χ2n) is 6.95. The van der Waals surface area contributed by atoms with Crippen LogP contribution in [0.5, 0.6) is 0 Å². The first-order valence-corrected chi connectivity index (χ1v) is 11.2.